The number of aromatic amines is 1. The molecule has 2 saturated heterocycles. The molecule has 1 aromatic heterocycles. The van der Waals surface area contributed by atoms with Crippen LogP contribution in [0.2, 0.25) is 5.02 Å². The number of halogens is 1. The van der Waals surface area contributed by atoms with Crippen LogP contribution < -0.4 is 10.2 Å². The standard InChI is InChI=1S/C15H20ClN5O/c16-10-7-13-12(9-18-19-13)14(8-10)20-4-1-11(2-5-20)21-6-3-17-15(21)22/h7-9,11,15,17,22H,1-6H2,(H,18,19). The second-order valence-corrected chi connectivity index (χ2v) is 6.48. The summed E-state index contributed by atoms with van der Waals surface area (Å²) in [4.78, 5) is 4.54. The van der Waals surface area contributed by atoms with Crippen LogP contribution in [0.25, 0.3) is 10.9 Å². The van der Waals surface area contributed by atoms with Crippen molar-refractivity contribution < 1.29 is 5.11 Å². The Kier molecular flexibility index (Phi) is 3.69. The van der Waals surface area contributed by atoms with Gasteiger partial charge in [-0.2, -0.15) is 5.10 Å². The molecule has 0 saturated carbocycles. The zero-order chi connectivity index (χ0) is 15.1. The fourth-order valence-electron chi connectivity index (χ4n) is 3.64. The molecule has 2 aliphatic rings. The van der Waals surface area contributed by atoms with Gasteiger partial charge in [0.1, 0.15) is 0 Å². The predicted molar refractivity (Wildman–Crippen MR) is 87.1 cm³/mol. The summed E-state index contributed by atoms with van der Waals surface area (Å²) in [5, 5.41) is 22.0. The van der Waals surface area contributed by atoms with E-state index in [-0.39, 0.29) is 0 Å². The Morgan fingerprint density at radius 3 is 2.77 bits per heavy atom. The number of anilines is 1. The molecule has 2 aliphatic heterocycles. The lowest BCUT2D eigenvalue weighted by Gasteiger charge is -2.38. The molecular formula is C15H20ClN5O. The number of aromatic nitrogens is 2. The van der Waals surface area contributed by atoms with E-state index in [0.29, 0.717) is 6.04 Å². The van der Waals surface area contributed by atoms with Gasteiger partial charge in [-0.15, -0.1) is 0 Å². The van der Waals surface area contributed by atoms with Crippen molar-refractivity contribution in [1.82, 2.24) is 20.4 Å². The first-order valence-electron chi connectivity index (χ1n) is 7.77. The van der Waals surface area contributed by atoms with Gasteiger partial charge in [0, 0.05) is 48.3 Å². The fraction of sp³-hybridized carbons (Fsp3) is 0.533. The van der Waals surface area contributed by atoms with Gasteiger partial charge in [-0.25, -0.2) is 0 Å². The maximum Gasteiger partial charge on any atom is 0.163 e. The largest absolute Gasteiger partial charge is 0.371 e. The molecule has 22 heavy (non-hydrogen) atoms. The Morgan fingerprint density at radius 1 is 1.23 bits per heavy atom. The molecule has 0 spiro atoms. The highest BCUT2D eigenvalue weighted by Gasteiger charge is 2.31. The second kappa shape index (κ2) is 5.70. The van der Waals surface area contributed by atoms with Crippen molar-refractivity contribution in [2.75, 3.05) is 31.1 Å². The summed E-state index contributed by atoms with van der Waals surface area (Å²) < 4.78 is 0. The van der Waals surface area contributed by atoms with Gasteiger partial charge in [0.2, 0.25) is 0 Å². The number of hydrogen-bond acceptors (Lipinski definition) is 5. The lowest BCUT2D eigenvalue weighted by molar-refractivity contribution is -0.0116. The van der Waals surface area contributed by atoms with Gasteiger partial charge in [0.05, 0.1) is 11.7 Å². The third-order valence-electron chi connectivity index (χ3n) is 4.79. The van der Waals surface area contributed by atoms with Crippen LogP contribution in [0.1, 0.15) is 12.8 Å². The molecule has 2 aromatic rings. The molecule has 4 rings (SSSR count). The third-order valence-corrected chi connectivity index (χ3v) is 5.01. The lowest BCUT2D eigenvalue weighted by Crippen LogP contribution is -2.48. The minimum atomic E-state index is -0.483. The first-order chi connectivity index (χ1) is 10.7. The lowest BCUT2D eigenvalue weighted by atomic mass is 10.0. The Balaban J connectivity index is 1.52. The average Bonchev–Trinajstić information content (AvgIpc) is 3.15. The van der Waals surface area contributed by atoms with E-state index in [1.165, 1.54) is 0 Å². The molecule has 3 heterocycles. The molecule has 1 atom stereocenters. The molecule has 2 fully saturated rings. The van der Waals surface area contributed by atoms with Gasteiger partial charge in [-0.05, 0) is 25.0 Å². The zero-order valence-corrected chi connectivity index (χ0v) is 13.1. The fourth-order valence-corrected chi connectivity index (χ4v) is 3.86. The Labute approximate surface area is 134 Å². The van der Waals surface area contributed by atoms with E-state index >= 15 is 0 Å². The number of rotatable bonds is 2. The summed E-state index contributed by atoms with van der Waals surface area (Å²) in [6.07, 6.45) is 3.47. The maximum atomic E-state index is 9.95. The zero-order valence-electron chi connectivity index (χ0n) is 12.3. The summed E-state index contributed by atoms with van der Waals surface area (Å²) in [7, 11) is 0. The van der Waals surface area contributed by atoms with Crippen molar-refractivity contribution in [3.05, 3.63) is 23.4 Å². The number of aliphatic hydroxyl groups is 1. The minimum absolute atomic E-state index is 0.445. The highest BCUT2D eigenvalue weighted by atomic mass is 35.5. The van der Waals surface area contributed by atoms with Crippen LogP contribution >= 0.6 is 11.6 Å². The number of hydrogen-bond donors (Lipinski definition) is 3. The van der Waals surface area contributed by atoms with Crippen molar-refractivity contribution in [1.29, 1.82) is 0 Å². The van der Waals surface area contributed by atoms with Crippen LogP contribution in [-0.2, 0) is 0 Å². The van der Waals surface area contributed by atoms with Crippen molar-refractivity contribution >= 4 is 28.2 Å². The van der Waals surface area contributed by atoms with Gasteiger partial charge in [-0.1, -0.05) is 11.6 Å². The van der Waals surface area contributed by atoms with Crippen molar-refractivity contribution in [3.8, 4) is 0 Å². The monoisotopic (exact) mass is 321 g/mol. The van der Waals surface area contributed by atoms with Crippen LogP contribution in [0.4, 0.5) is 5.69 Å². The van der Waals surface area contributed by atoms with Gasteiger partial charge in [0.25, 0.3) is 0 Å². The minimum Gasteiger partial charge on any atom is -0.371 e. The van der Waals surface area contributed by atoms with E-state index in [1.807, 2.05) is 18.3 Å². The maximum absolute atomic E-state index is 9.95. The van der Waals surface area contributed by atoms with Crippen LogP contribution in [-0.4, -0.2) is 58.8 Å². The quantitative estimate of drug-likeness (QED) is 0.779. The number of aliphatic hydroxyl groups excluding tert-OH is 1. The number of fused-ring (bicyclic) bond motifs is 1. The van der Waals surface area contributed by atoms with E-state index in [2.05, 4.69) is 25.3 Å². The number of nitrogens with one attached hydrogen (secondary N) is 2. The molecular weight excluding hydrogens is 302 g/mol. The highest BCUT2D eigenvalue weighted by Crippen LogP contribution is 2.32. The van der Waals surface area contributed by atoms with Gasteiger partial charge < -0.3 is 10.0 Å². The summed E-state index contributed by atoms with van der Waals surface area (Å²) in [6.45, 7) is 3.73. The molecule has 0 aliphatic carbocycles. The number of benzene rings is 1. The third kappa shape index (κ3) is 2.46. The van der Waals surface area contributed by atoms with E-state index in [9.17, 15) is 5.11 Å². The van der Waals surface area contributed by atoms with Crippen LogP contribution in [0, 0.1) is 0 Å². The van der Waals surface area contributed by atoms with E-state index in [4.69, 9.17) is 11.6 Å². The van der Waals surface area contributed by atoms with Crippen LogP contribution in [0.15, 0.2) is 18.3 Å². The molecule has 1 aromatic carbocycles. The molecule has 0 amide bonds. The first kappa shape index (κ1) is 14.3. The average molecular weight is 322 g/mol. The highest BCUT2D eigenvalue weighted by molar-refractivity contribution is 6.31. The Bertz CT molecular complexity index is 667. The Hall–Kier alpha value is -1.34. The molecule has 6 nitrogen and oxygen atoms in total. The molecule has 1 unspecified atom stereocenters. The van der Waals surface area contributed by atoms with E-state index in [0.717, 1.165) is 60.6 Å². The van der Waals surface area contributed by atoms with Gasteiger partial charge in [-0.3, -0.25) is 15.3 Å². The summed E-state index contributed by atoms with van der Waals surface area (Å²) in [5.74, 6) is 0. The van der Waals surface area contributed by atoms with Crippen molar-refractivity contribution in [2.24, 2.45) is 0 Å². The van der Waals surface area contributed by atoms with Gasteiger partial charge in [0.15, 0.2) is 6.35 Å². The predicted octanol–water partition coefficient (Wildman–Crippen LogP) is 1.37. The SMILES string of the molecule is OC1NCCN1C1CCN(c2cc(Cl)cc3[nH]ncc23)CC1. The van der Waals surface area contributed by atoms with Crippen LogP contribution in [0.3, 0.4) is 0 Å². The van der Waals surface area contributed by atoms with Gasteiger partial charge >= 0.3 is 0 Å². The van der Waals surface area contributed by atoms with Crippen molar-refractivity contribution in [2.45, 2.75) is 25.2 Å². The molecule has 0 radical (unpaired) electrons. The van der Waals surface area contributed by atoms with Crippen LogP contribution in [0.5, 0.6) is 0 Å². The normalized spacial score (nSPS) is 24.5. The second-order valence-electron chi connectivity index (χ2n) is 6.04. The van der Waals surface area contributed by atoms with E-state index in [1.54, 1.807) is 0 Å². The smallest absolute Gasteiger partial charge is 0.163 e. The molecule has 0 bridgehead atoms. The first-order valence-corrected chi connectivity index (χ1v) is 8.15. The summed E-state index contributed by atoms with van der Waals surface area (Å²) in [5.41, 5.74) is 2.12. The Morgan fingerprint density at radius 2 is 2.05 bits per heavy atom. The van der Waals surface area contributed by atoms with Crippen molar-refractivity contribution in [3.63, 3.8) is 0 Å². The summed E-state index contributed by atoms with van der Waals surface area (Å²) in [6, 6.07) is 4.37. The molecule has 3 N–H and O–H groups in total. The number of nitrogens with zero attached hydrogens (tertiary/aromatic N) is 3. The number of piperidine rings is 1. The van der Waals surface area contributed by atoms with E-state index < -0.39 is 6.35 Å². The molecule has 118 valence electrons. The topological polar surface area (TPSA) is 67.4 Å². The summed E-state index contributed by atoms with van der Waals surface area (Å²) >= 11 is 6.23. The number of H-pyrrole nitrogens is 1. The molecule has 7 heteroatoms.